The Morgan fingerprint density at radius 3 is 2.73 bits per heavy atom. The average molecular weight is 210 g/mol. The van der Waals surface area contributed by atoms with Crippen molar-refractivity contribution in [1.29, 1.82) is 0 Å². The molecule has 0 saturated carbocycles. The summed E-state index contributed by atoms with van der Waals surface area (Å²) in [6, 6.07) is 4.16. The van der Waals surface area contributed by atoms with Gasteiger partial charge in [-0.25, -0.2) is 0 Å². The molecule has 1 heterocycles. The minimum absolute atomic E-state index is 0.0407. The fraction of sp³-hybridized carbons (Fsp3) is 0.667. The van der Waals surface area contributed by atoms with Crippen LogP contribution >= 0.6 is 0 Å². The zero-order chi connectivity index (χ0) is 11.3. The number of aliphatic hydroxyl groups excluding tert-OH is 1. The van der Waals surface area contributed by atoms with Gasteiger partial charge in [-0.05, 0) is 31.9 Å². The minimum Gasteiger partial charge on any atom is -0.396 e. The van der Waals surface area contributed by atoms with E-state index in [-0.39, 0.29) is 12.1 Å². The number of aliphatic hydroxyl groups is 1. The third-order valence-corrected chi connectivity index (χ3v) is 3.19. The molecule has 3 heteroatoms. The lowest BCUT2D eigenvalue weighted by atomic mass is 9.95. The van der Waals surface area contributed by atoms with Crippen LogP contribution in [0.15, 0.2) is 18.3 Å². The van der Waals surface area contributed by atoms with Crippen molar-refractivity contribution in [3.05, 3.63) is 24.0 Å². The van der Waals surface area contributed by atoms with E-state index in [1.165, 1.54) is 5.69 Å². The monoisotopic (exact) mass is 210 g/mol. The van der Waals surface area contributed by atoms with E-state index < -0.39 is 0 Å². The highest BCUT2D eigenvalue weighted by molar-refractivity contribution is 5.06. The van der Waals surface area contributed by atoms with Gasteiger partial charge in [-0.1, -0.05) is 6.92 Å². The molecule has 2 N–H and O–H groups in total. The smallest absolute Gasteiger partial charge is 0.0448 e. The van der Waals surface area contributed by atoms with E-state index in [4.69, 9.17) is 5.11 Å². The van der Waals surface area contributed by atoms with Crippen LogP contribution in [-0.2, 0) is 13.6 Å². The summed E-state index contributed by atoms with van der Waals surface area (Å²) in [6.07, 6.45) is 3.87. The summed E-state index contributed by atoms with van der Waals surface area (Å²) < 4.78 is 2.11. The normalized spacial score (nSPS) is 15.2. The van der Waals surface area contributed by atoms with E-state index in [0.717, 1.165) is 19.4 Å². The molecule has 86 valence electrons. The van der Waals surface area contributed by atoms with Crippen molar-refractivity contribution in [3.8, 4) is 0 Å². The van der Waals surface area contributed by atoms with Crippen molar-refractivity contribution >= 4 is 0 Å². The zero-order valence-corrected chi connectivity index (χ0v) is 9.95. The maximum Gasteiger partial charge on any atom is 0.0448 e. The lowest BCUT2D eigenvalue weighted by Crippen LogP contribution is -2.42. The number of aromatic nitrogens is 1. The zero-order valence-electron chi connectivity index (χ0n) is 9.95. The molecule has 1 aromatic heterocycles. The third kappa shape index (κ3) is 3.36. The van der Waals surface area contributed by atoms with Crippen LogP contribution in [0.3, 0.4) is 0 Å². The number of nitrogens with zero attached hydrogens (tertiary/aromatic N) is 1. The summed E-state index contributed by atoms with van der Waals surface area (Å²) in [7, 11) is 2.05. The van der Waals surface area contributed by atoms with Gasteiger partial charge < -0.3 is 15.0 Å². The highest BCUT2D eigenvalue weighted by Crippen LogP contribution is 2.14. The molecule has 0 aliphatic carbocycles. The molecule has 0 fully saturated rings. The fourth-order valence-corrected chi connectivity index (χ4v) is 1.62. The van der Waals surface area contributed by atoms with Gasteiger partial charge in [-0.15, -0.1) is 0 Å². The quantitative estimate of drug-likeness (QED) is 0.749. The Labute approximate surface area is 92.1 Å². The van der Waals surface area contributed by atoms with Crippen LogP contribution < -0.4 is 5.32 Å². The molecule has 1 rings (SSSR count). The molecule has 0 bridgehead atoms. The van der Waals surface area contributed by atoms with Crippen LogP contribution in [0.4, 0.5) is 0 Å². The second-order valence-electron chi connectivity index (χ2n) is 4.35. The first-order valence-electron chi connectivity index (χ1n) is 5.57. The predicted molar refractivity (Wildman–Crippen MR) is 62.7 cm³/mol. The Kier molecular flexibility index (Phi) is 4.36. The molecule has 0 aromatic carbocycles. The molecule has 0 unspecified atom stereocenters. The molecule has 3 nitrogen and oxygen atoms in total. The van der Waals surface area contributed by atoms with Crippen molar-refractivity contribution < 1.29 is 5.11 Å². The van der Waals surface area contributed by atoms with Crippen LogP contribution in [0.25, 0.3) is 0 Å². The van der Waals surface area contributed by atoms with E-state index in [1.807, 2.05) is 19.3 Å². The van der Waals surface area contributed by atoms with Crippen LogP contribution in [-0.4, -0.2) is 21.8 Å². The molecule has 0 aliphatic heterocycles. The van der Waals surface area contributed by atoms with Gasteiger partial charge in [-0.3, -0.25) is 0 Å². The number of rotatable bonds is 6. The second-order valence-corrected chi connectivity index (χ2v) is 4.35. The SMILES string of the molecule is CC[C@](C)(CCO)NCc1cccn1C. The molecule has 15 heavy (non-hydrogen) atoms. The van der Waals surface area contributed by atoms with Gasteiger partial charge in [0.1, 0.15) is 0 Å². The van der Waals surface area contributed by atoms with Crippen molar-refractivity contribution in [3.63, 3.8) is 0 Å². The minimum atomic E-state index is 0.0407. The average Bonchev–Trinajstić information content (AvgIpc) is 2.62. The van der Waals surface area contributed by atoms with E-state index in [0.29, 0.717) is 0 Å². The third-order valence-electron chi connectivity index (χ3n) is 3.19. The largest absolute Gasteiger partial charge is 0.396 e. The Morgan fingerprint density at radius 1 is 1.53 bits per heavy atom. The summed E-state index contributed by atoms with van der Waals surface area (Å²) in [5, 5.41) is 12.5. The van der Waals surface area contributed by atoms with Gasteiger partial charge in [-0.2, -0.15) is 0 Å². The highest BCUT2D eigenvalue weighted by atomic mass is 16.3. The Hall–Kier alpha value is -0.800. The van der Waals surface area contributed by atoms with Crippen molar-refractivity contribution in [2.24, 2.45) is 7.05 Å². The predicted octanol–water partition coefficient (Wildman–Crippen LogP) is 1.67. The summed E-state index contributed by atoms with van der Waals surface area (Å²) >= 11 is 0. The topological polar surface area (TPSA) is 37.2 Å². The summed E-state index contributed by atoms with van der Waals surface area (Å²) in [6.45, 7) is 5.40. The molecule has 1 atom stereocenters. The van der Waals surface area contributed by atoms with E-state index in [2.05, 4.69) is 29.8 Å². The molecular formula is C12H22N2O. The number of hydrogen-bond acceptors (Lipinski definition) is 2. The number of hydrogen-bond donors (Lipinski definition) is 2. The van der Waals surface area contributed by atoms with Crippen molar-refractivity contribution in [2.45, 2.75) is 38.8 Å². The van der Waals surface area contributed by atoms with Gasteiger partial charge in [0.25, 0.3) is 0 Å². The molecular weight excluding hydrogens is 188 g/mol. The molecule has 0 radical (unpaired) electrons. The lowest BCUT2D eigenvalue weighted by molar-refractivity contribution is 0.214. The summed E-state index contributed by atoms with van der Waals surface area (Å²) in [5.74, 6) is 0. The first kappa shape index (κ1) is 12.3. The fourth-order valence-electron chi connectivity index (χ4n) is 1.62. The number of aryl methyl sites for hydroxylation is 1. The van der Waals surface area contributed by atoms with Gasteiger partial charge in [0.2, 0.25) is 0 Å². The maximum absolute atomic E-state index is 9.00. The van der Waals surface area contributed by atoms with Gasteiger partial charge in [0.05, 0.1) is 0 Å². The molecule has 0 amide bonds. The lowest BCUT2D eigenvalue weighted by Gasteiger charge is -2.29. The molecule has 0 aliphatic rings. The van der Waals surface area contributed by atoms with Crippen molar-refractivity contribution in [1.82, 2.24) is 9.88 Å². The summed E-state index contributed by atoms with van der Waals surface area (Å²) in [5.41, 5.74) is 1.31. The van der Waals surface area contributed by atoms with Crippen LogP contribution in [0, 0.1) is 0 Å². The van der Waals surface area contributed by atoms with Gasteiger partial charge in [0.15, 0.2) is 0 Å². The summed E-state index contributed by atoms with van der Waals surface area (Å²) in [4.78, 5) is 0. The van der Waals surface area contributed by atoms with E-state index in [9.17, 15) is 0 Å². The second kappa shape index (κ2) is 5.33. The van der Waals surface area contributed by atoms with Crippen LogP contribution in [0.2, 0.25) is 0 Å². The standard InChI is InChI=1S/C12H22N2O/c1-4-12(2,7-9-15)13-10-11-6-5-8-14(11)3/h5-6,8,13,15H,4,7,9-10H2,1-3H3/t12-/m1/s1. The molecule has 0 spiro atoms. The van der Waals surface area contributed by atoms with Crippen molar-refractivity contribution in [2.75, 3.05) is 6.61 Å². The molecule has 1 aromatic rings. The van der Waals surface area contributed by atoms with E-state index in [1.54, 1.807) is 0 Å². The Balaban J connectivity index is 2.51. The van der Waals surface area contributed by atoms with Crippen LogP contribution in [0.5, 0.6) is 0 Å². The molecule has 0 saturated heterocycles. The van der Waals surface area contributed by atoms with Gasteiger partial charge in [0, 0.05) is 37.6 Å². The van der Waals surface area contributed by atoms with Crippen LogP contribution in [0.1, 0.15) is 32.4 Å². The Bertz CT molecular complexity index is 296. The first-order chi connectivity index (χ1) is 7.11. The van der Waals surface area contributed by atoms with E-state index >= 15 is 0 Å². The Morgan fingerprint density at radius 2 is 2.27 bits per heavy atom. The highest BCUT2D eigenvalue weighted by Gasteiger charge is 2.20. The first-order valence-corrected chi connectivity index (χ1v) is 5.57. The number of nitrogens with one attached hydrogen (secondary N) is 1. The maximum atomic E-state index is 9.00. The van der Waals surface area contributed by atoms with Gasteiger partial charge >= 0.3 is 0 Å².